The highest BCUT2D eigenvalue weighted by Crippen LogP contribution is 2.40. The van der Waals surface area contributed by atoms with Crippen LogP contribution >= 0.6 is 0 Å². The molecule has 1 aliphatic carbocycles. The van der Waals surface area contributed by atoms with Crippen molar-refractivity contribution in [3.05, 3.63) is 0 Å². The highest BCUT2D eigenvalue weighted by molar-refractivity contribution is 5.82. The number of aldehydes is 3. The second-order valence-corrected chi connectivity index (χ2v) is 2.14. The molecule has 1 saturated carbocycles. The molecule has 1 aliphatic rings. The predicted octanol–water partition coefficient (Wildman–Crippen LogP) is -0.555. The average Bonchev–Trinajstić information content (AvgIpc) is 2.59. The summed E-state index contributed by atoms with van der Waals surface area (Å²) in [6.07, 6.45) is 1.99. The molecule has 1 rings (SSSR count). The average molecular weight is 126 g/mol. The van der Waals surface area contributed by atoms with Crippen LogP contribution in [0, 0.1) is 17.8 Å². The number of rotatable bonds is 3. The summed E-state index contributed by atoms with van der Waals surface area (Å²) in [6, 6.07) is 0. The zero-order valence-electron chi connectivity index (χ0n) is 4.69. The first-order valence-electron chi connectivity index (χ1n) is 2.71. The highest BCUT2D eigenvalue weighted by atomic mass is 16.1. The lowest BCUT2D eigenvalue weighted by Crippen LogP contribution is -1.81. The molecule has 0 amide bonds. The first kappa shape index (κ1) is 6.13. The van der Waals surface area contributed by atoms with E-state index in [9.17, 15) is 14.4 Å². The van der Waals surface area contributed by atoms with Crippen LogP contribution < -0.4 is 0 Å². The van der Waals surface area contributed by atoms with E-state index in [0.29, 0.717) is 18.9 Å². The fraction of sp³-hybridized carbons (Fsp3) is 0.500. The number of carbonyl (C=O) groups excluding carboxylic acids is 3. The number of carbonyl (C=O) groups is 3. The van der Waals surface area contributed by atoms with Crippen LogP contribution in [-0.2, 0) is 14.4 Å². The molecule has 0 heterocycles. The maximum atomic E-state index is 9.99. The summed E-state index contributed by atoms with van der Waals surface area (Å²) in [5.41, 5.74) is 0. The van der Waals surface area contributed by atoms with E-state index in [-0.39, 0.29) is 17.8 Å². The van der Waals surface area contributed by atoms with Gasteiger partial charge in [-0.15, -0.1) is 0 Å². The van der Waals surface area contributed by atoms with E-state index in [0.717, 1.165) is 0 Å². The van der Waals surface area contributed by atoms with E-state index in [1.165, 1.54) is 0 Å². The van der Waals surface area contributed by atoms with Gasteiger partial charge in [0.2, 0.25) is 0 Å². The minimum atomic E-state index is -0.319. The van der Waals surface area contributed by atoms with Gasteiger partial charge in [-0.3, -0.25) is 0 Å². The molecule has 1 fully saturated rings. The molecule has 3 heteroatoms. The summed E-state index contributed by atoms with van der Waals surface area (Å²) in [6.45, 7) is 0. The maximum Gasteiger partial charge on any atom is 0.124 e. The number of hydrogen-bond acceptors (Lipinski definition) is 3. The molecule has 0 aromatic heterocycles. The zero-order valence-corrected chi connectivity index (χ0v) is 4.69. The fourth-order valence-corrected chi connectivity index (χ4v) is 0.929. The first-order valence-corrected chi connectivity index (χ1v) is 2.71. The molecule has 0 aromatic rings. The van der Waals surface area contributed by atoms with Crippen LogP contribution in [0.25, 0.3) is 0 Å². The summed E-state index contributed by atoms with van der Waals surface area (Å²) in [4.78, 5) is 30.0. The molecule has 0 aliphatic heterocycles. The quantitative estimate of drug-likeness (QED) is 0.476. The van der Waals surface area contributed by atoms with Crippen molar-refractivity contribution in [3.63, 3.8) is 0 Å². The van der Waals surface area contributed by atoms with Crippen molar-refractivity contribution in [2.45, 2.75) is 0 Å². The summed E-state index contributed by atoms with van der Waals surface area (Å²) in [5, 5.41) is 0. The lowest BCUT2D eigenvalue weighted by molar-refractivity contribution is -0.112. The van der Waals surface area contributed by atoms with Crippen LogP contribution in [0.3, 0.4) is 0 Å². The third-order valence-electron chi connectivity index (χ3n) is 1.66. The van der Waals surface area contributed by atoms with E-state index in [4.69, 9.17) is 0 Å². The smallest absolute Gasteiger partial charge is 0.124 e. The molecule has 3 nitrogen and oxygen atoms in total. The Balaban J connectivity index is 2.52. The van der Waals surface area contributed by atoms with Gasteiger partial charge in [-0.2, -0.15) is 0 Å². The van der Waals surface area contributed by atoms with Gasteiger partial charge >= 0.3 is 0 Å². The third kappa shape index (κ3) is 0.781. The van der Waals surface area contributed by atoms with Gasteiger partial charge in [0, 0.05) is 17.8 Å². The van der Waals surface area contributed by atoms with Gasteiger partial charge in [0.15, 0.2) is 0 Å². The molecule has 0 spiro atoms. The van der Waals surface area contributed by atoms with Crippen molar-refractivity contribution >= 4 is 18.9 Å². The van der Waals surface area contributed by atoms with E-state index in [1.807, 2.05) is 0 Å². The van der Waals surface area contributed by atoms with E-state index < -0.39 is 0 Å². The van der Waals surface area contributed by atoms with Crippen LogP contribution in [0.2, 0.25) is 0 Å². The standard InChI is InChI=1S/C6H6O3/c7-1-4-5(2-8)6(4)3-9/h1-6H. The molecule has 0 bridgehead atoms. The molecule has 0 atom stereocenters. The lowest BCUT2D eigenvalue weighted by Gasteiger charge is -1.67. The van der Waals surface area contributed by atoms with Crippen LogP contribution in [0.15, 0.2) is 0 Å². The third-order valence-corrected chi connectivity index (χ3v) is 1.66. The normalized spacial score (nSPS) is 39.3. The van der Waals surface area contributed by atoms with Crippen LogP contribution in [0.4, 0.5) is 0 Å². The van der Waals surface area contributed by atoms with E-state index >= 15 is 0 Å². The van der Waals surface area contributed by atoms with E-state index in [1.54, 1.807) is 0 Å². The Morgan fingerprint density at radius 3 is 1.00 bits per heavy atom. The van der Waals surface area contributed by atoms with Gasteiger partial charge in [-0.25, -0.2) is 0 Å². The summed E-state index contributed by atoms with van der Waals surface area (Å²) in [7, 11) is 0. The SMILES string of the molecule is O=CC1C(C=O)C1C=O. The summed E-state index contributed by atoms with van der Waals surface area (Å²) in [5.74, 6) is -0.958. The Hall–Kier alpha value is -0.990. The van der Waals surface area contributed by atoms with Gasteiger partial charge in [0.1, 0.15) is 18.9 Å². The van der Waals surface area contributed by atoms with Crippen molar-refractivity contribution in [2.75, 3.05) is 0 Å². The van der Waals surface area contributed by atoms with Crippen molar-refractivity contribution < 1.29 is 14.4 Å². The fourth-order valence-electron chi connectivity index (χ4n) is 0.929. The van der Waals surface area contributed by atoms with Crippen molar-refractivity contribution in [1.82, 2.24) is 0 Å². The molecule has 0 aromatic carbocycles. The van der Waals surface area contributed by atoms with E-state index in [2.05, 4.69) is 0 Å². The predicted molar refractivity (Wildman–Crippen MR) is 28.7 cm³/mol. The number of hydrogen-bond donors (Lipinski definition) is 0. The molecule has 48 valence electrons. The van der Waals surface area contributed by atoms with Crippen LogP contribution in [0.1, 0.15) is 0 Å². The first-order chi connectivity index (χ1) is 4.35. The lowest BCUT2D eigenvalue weighted by atomic mass is 10.4. The summed E-state index contributed by atoms with van der Waals surface area (Å²) >= 11 is 0. The molecular formula is C6H6O3. The Labute approximate surface area is 52.0 Å². The Kier molecular flexibility index (Phi) is 1.42. The minimum absolute atomic E-state index is 0.319. The Morgan fingerprint density at radius 1 is 0.667 bits per heavy atom. The highest BCUT2D eigenvalue weighted by Gasteiger charge is 2.49. The minimum Gasteiger partial charge on any atom is -0.303 e. The van der Waals surface area contributed by atoms with Gasteiger partial charge in [0.25, 0.3) is 0 Å². The molecule has 0 unspecified atom stereocenters. The molecule has 0 radical (unpaired) electrons. The second-order valence-electron chi connectivity index (χ2n) is 2.14. The Morgan fingerprint density at radius 2 is 0.889 bits per heavy atom. The van der Waals surface area contributed by atoms with Crippen molar-refractivity contribution in [2.24, 2.45) is 17.8 Å². The van der Waals surface area contributed by atoms with Crippen LogP contribution in [0.5, 0.6) is 0 Å². The molecule has 0 N–H and O–H groups in total. The zero-order chi connectivity index (χ0) is 6.85. The van der Waals surface area contributed by atoms with Gasteiger partial charge in [-0.05, 0) is 0 Å². The second kappa shape index (κ2) is 2.09. The van der Waals surface area contributed by atoms with Crippen molar-refractivity contribution in [3.8, 4) is 0 Å². The van der Waals surface area contributed by atoms with Gasteiger partial charge in [0.05, 0.1) is 0 Å². The molecular weight excluding hydrogens is 120 g/mol. The van der Waals surface area contributed by atoms with Crippen molar-refractivity contribution in [1.29, 1.82) is 0 Å². The van der Waals surface area contributed by atoms with Gasteiger partial charge < -0.3 is 14.4 Å². The molecule has 0 saturated heterocycles. The maximum absolute atomic E-state index is 9.99. The largest absolute Gasteiger partial charge is 0.303 e. The topological polar surface area (TPSA) is 51.2 Å². The summed E-state index contributed by atoms with van der Waals surface area (Å²) < 4.78 is 0. The van der Waals surface area contributed by atoms with Crippen LogP contribution in [-0.4, -0.2) is 18.9 Å². The van der Waals surface area contributed by atoms with Gasteiger partial charge in [-0.1, -0.05) is 0 Å². The Bertz CT molecular complexity index is 118. The molecule has 9 heavy (non-hydrogen) atoms. The monoisotopic (exact) mass is 126 g/mol.